The molecule has 5 heterocycles. The van der Waals surface area contributed by atoms with Gasteiger partial charge in [-0.1, -0.05) is 0 Å². The van der Waals surface area contributed by atoms with E-state index >= 15 is 0 Å². The average molecular weight is 395 g/mol. The van der Waals surface area contributed by atoms with Gasteiger partial charge >= 0.3 is 5.96 Å². The summed E-state index contributed by atoms with van der Waals surface area (Å²) in [5.74, 6) is 1.05. The molecule has 0 aromatic carbocycles. The van der Waals surface area contributed by atoms with E-state index < -0.39 is 0 Å². The van der Waals surface area contributed by atoms with Crippen molar-refractivity contribution in [1.82, 2.24) is 10.6 Å². The molecular weight excluding hydrogens is 358 g/mol. The molecule has 5 aliphatic heterocycles. The average Bonchev–Trinajstić information content (AvgIpc) is 2.93. The summed E-state index contributed by atoms with van der Waals surface area (Å²) in [6.45, 7) is 4.37. The SMILES string of the molecule is CO[C@@H]1[C@@H](OC)[C@@H]2C[C@]3(CCC[C@@H](C)O3)NC3=[N+]2[C@H]1C[C@]1(CCC[C@@H](C)O1)N3. The molecule has 0 aromatic rings. The van der Waals surface area contributed by atoms with Gasteiger partial charge in [0.1, 0.15) is 24.3 Å². The molecule has 0 aliphatic carbocycles. The third-order valence-electron chi connectivity index (χ3n) is 7.61. The Hall–Kier alpha value is -0.890. The molecule has 2 spiro atoms. The minimum absolute atomic E-state index is 0.0303. The Morgan fingerprint density at radius 2 is 1.32 bits per heavy atom. The lowest BCUT2D eigenvalue weighted by atomic mass is 9.89. The van der Waals surface area contributed by atoms with Crippen LogP contribution < -0.4 is 10.6 Å². The molecule has 0 radical (unpaired) electrons. The summed E-state index contributed by atoms with van der Waals surface area (Å²) in [5.41, 5.74) is -0.659. The monoisotopic (exact) mass is 394 g/mol. The Labute approximate surface area is 168 Å². The lowest BCUT2D eigenvalue weighted by Crippen LogP contribution is -2.73. The van der Waals surface area contributed by atoms with Crippen LogP contribution in [-0.4, -0.2) is 72.7 Å². The van der Waals surface area contributed by atoms with Gasteiger partial charge in [0.05, 0.1) is 12.2 Å². The number of nitrogens with one attached hydrogen (secondary N) is 2. The van der Waals surface area contributed by atoms with Crippen molar-refractivity contribution in [2.24, 2.45) is 0 Å². The normalized spacial score (nSPS) is 50.4. The predicted molar refractivity (Wildman–Crippen MR) is 104 cm³/mol. The highest BCUT2D eigenvalue weighted by Gasteiger charge is 2.64. The van der Waals surface area contributed by atoms with Gasteiger partial charge in [0.2, 0.25) is 0 Å². The van der Waals surface area contributed by atoms with Gasteiger partial charge in [-0.15, -0.1) is 0 Å². The quantitative estimate of drug-likeness (QED) is 0.695. The van der Waals surface area contributed by atoms with Crippen LogP contribution in [0.15, 0.2) is 0 Å². The standard InChI is InChI=1S/C21H35N3O4/c1-13-7-5-9-20(27-13)11-15-17(25-3)18(26-4)16-12-21(10-6-8-14(2)28-21)23-19(22-20)24(15)16/h13-18H,5-12H2,1-4H3,(H,22,23)/p+1/t13-,14-,15+,16+,17+,18+,20-,21-/m1/s1. The predicted octanol–water partition coefficient (Wildman–Crippen LogP) is 1.69. The molecule has 7 nitrogen and oxygen atoms in total. The van der Waals surface area contributed by atoms with E-state index in [1.54, 1.807) is 0 Å². The van der Waals surface area contributed by atoms with Crippen LogP contribution in [0.3, 0.4) is 0 Å². The van der Waals surface area contributed by atoms with Crippen molar-refractivity contribution >= 4 is 5.96 Å². The van der Waals surface area contributed by atoms with Gasteiger partial charge in [-0.05, 0) is 39.5 Å². The van der Waals surface area contributed by atoms with E-state index in [9.17, 15) is 0 Å². The fraction of sp³-hybridized carbons (Fsp3) is 0.952. The van der Waals surface area contributed by atoms with Crippen molar-refractivity contribution in [1.29, 1.82) is 0 Å². The molecule has 7 heteroatoms. The fourth-order valence-electron chi connectivity index (χ4n) is 6.55. The fourth-order valence-corrected chi connectivity index (χ4v) is 6.55. The lowest BCUT2D eigenvalue weighted by Gasteiger charge is -2.48. The largest absolute Gasteiger partial charge is 0.375 e. The van der Waals surface area contributed by atoms with Crippen molar-refractivity contribution in [3.05, 3.63) is 0 Å². The molecule has 3 fully saturated rings. The highest BCUT2D eigenvalue weighted by atomic mass is 16.5. The first-order valence-corrected chi connectivity index (χ1v) is 11.1. The van der Waals surface area contributed by atoms with Crippen LogP contribution in [0.2, 0.25) is 0 Å². The van der Waals surface area contributed by atoms with Crippen LogP contribution in [0.25, 0.3) is 0 Å². The van der Waals surface area contributed by atoms with Gasteiger partial charge < -0.3 is 18.9 Å². The maximum atomic E-state index is 6.54. The van der Waals surface area contributed by atoms with E-state index in [1.165, 1.54) is 12.8 Å². The van der Waals surface area contributed by atoms with Crippen molar-refractivity contribution in [2.75, 3.05) is 14.2 Å². The molecule has 0 saturated carbocycles. The van der Waals surface area contributed by atoms with Crippen molar-refractivity contribution in [3.63, 3.8) is 0 Å². The highest BCUT2D eigenvalue weighted by Crippen LogP contribution is 2.44. The lowest BCUT2D eigenvalue weighted by molar-refractivity contribution is -0.609. The number of guanidine groups is 1. The summed E-state index contributed by atoms with van der Waals surface area (Å²) in [4.78, 5) is 0. The van der Waals surface area contributed by atoms with E-state index in [0.717, 1.165) is 44.5 Å². The molecule has 2 N–H and O–H groups in total. The molecule has 3 saturated heterocycles. The van der Waals surface area contributed by atoms with Crippen LogP contribution >= 0.6 is 0 Å². The van der Waals surface area contributed by atoms with Crippen LogP contribution in [0, 0.1) is 0 Å². The Balaban J connectivity index is 1.54. The van der Waals surface area contributed by atoms with Gasteiger partial charge in [0.15, 0.2) is 11.4 Å². The molecule has 5 rings (SSSR count). The van der Waals surface area contributed by atoms with Gasteiger partial charge in [-0.2, -0.15) is 0 Å². The third-order valence-corrected chi connectivity index (χ3v) is 7.61. The molecule has 28 heavy (non-hydrogen) atoms. The second kappa shape index (κ2) is 6.83. The van der Waals surface area contributed by atoms with Crippen molar-refractivity contribution in [3.8, 4) is 0 Å². The molecule has 0 aromatic heterocycles. The highest BCUT2D eigenvalue weighted by molar-refractivity contribution is 5.77. The summed E-state index contributed by atoms with van der Waals surface area (Å²) >= 11 is 0. The Morgan fingerprint density at radius 1 is 0.857 bits per heavy atom. The third kappa shape index (κ3) is 2.89. The van der Waals surface area contributed by atoms with Gasteiger partial charge in [-0.25, -0.2) is 10.6 Å². The summed E-state index contributed by atoms with van der Waals surface area (Å²) < 4.78 is 27.6. The summed E-state index contributed by atoms with van der Waals surface area (Å²) in [5, 5.41) is 7.59. The smallest absolute Gasteiger partial charge is 0.351 e. The Kier molecular flexibility index (Phi) is 4.66. The summed E-state index contributed by atoms with van der Waals surface area (Å²) in [7, 11) is 3.63. The first-order chi connectivity index (χ1) is 13.5. The maximum Gasteiger partial charge on any atom is 0.351 e. The Bertz CT molecular complexity index is 606. The van der Waals surface area contributed by atoms with Crippen LogP contribution in [0.4, 0.5) is 0 Å². The minimum atomic E-state index is -0.329. The summed E-state index contributed by atoms with van der Waals surface area (Å²) in [6, 6.07) is 0.486. The van der Waals surface area contributed by atoms with Crippen LogP contribution in [0.1, 0.15) is 65.2 Å². The zero-order valence-electron chi connectivity index (χ0n) is 17.7. The topological polar surface area (TPSA) is 64.0 Å². The molecule has 0 amide bonds. The number of methoxy groups -OCH3 is 2. The minimum Gasteiger partial charge on any atom is -0.375 e. The number of rotatable bonds is 2. The number of nitrogens with zero attached hydrogens (tertiary/aromatic N) is 1. The number of hydrogen-bond acceptors (Lipinski definition) is 6. The van der Waals surface area contributed by atoms with E-state index in [4.69, 9.17) is 18.9 Å². The number of ether oxygens (including phenoxy) is 4. The van der Waals surface area contributed by atoms with Gasteiger partial charge in [-0.3, -0.25) is 4.58 Å². The molecular formula is C21H36N3O4+. The summed E-state index contributed by atoms with van der Waals surface area (Å²) in [6.07, 6.45) is 9.11. The zero-order chi connectivity index (χ0) is 19.5. The number of hydrogen-bond donors (Lipinski definition) is 2. The van der Waals surface area contributed by atoms with Crippen molar-refractivity contribution in [2.45, 2.75) is 113 Å². The molecule has 0 bridgehead atoms. The first kappa shape index (κ1) is 19.1. The maximum absolute atomic E-state index is 6.54. The van der Waals surface area contributed by atoms with Gasteiger partial charge in [0.25, 0.3) is 0 Å². The Morgan fingerprint density at radius 3 is 1.71 bits per heavy atom. The van der Waals surface area contributed by atoms with Crippen molar-refractivity contribution < 1.29 is 23.5 Å². The molecule has 158 valence electrons. The van der Waals surface area contributed by atoms with Gasteiger partial charge in [0, 0.05) is 39.9 Å². The van der Waals surface area contributed by atoms with E-state index in [2.05, 4.69) is 29.1 Å². The zero-order valence-corrected chi connectivity index (χ0v) is 17.7. The van der Waals surface area contributed by atoms with E-state index in [1.807, 2.05) is 14.2 Å². The van der Waals surface area contributed by atoms with E-state index in [0.29, 0.717) is 0 Å². The van der Waals surface area contributed by atoms with Crippen LogP contribution in [-0.2, 0) is 18.9 Å². The first-order valence-electron chi connectivity index (χ1n) is 11.1. The molecule has 5 aliphatic rings. The van der Waals surface area contributed by atoms with E-state index in [-0.39, 0.29) is 47.9 Å². The molecule has 8 atom stereocenters. The van der Waals surface area contributed by atoms with Crippen LogP contribution in [0.5, 0.6) is 0 Å². The second-order valence-corrected chi connectivity index (χ2v) is 9.58. The molecule has 0 unspecified atom stereocenters. The second-order valence-electron chi connectivity index (χ2n) is 9.58.